The highest BCUT2D eigenvalue weighted by atomic mass is 16.2. The molecule has 1 N–H and O–H groups in total. The van der Waals surface area contributed by atoms with E-state index in [1.807, 2.05) is 66.7 Å². The molecule has 0 aliphatic carbocycles. The summed E-state index contributed by atoms with van der Waals surface area (Å²) >= 11 is 0. The van der Waals surface area contributed by atoms with Crippen molar-refractivity contribution in [3.8, 4) is 11.3 Å². The standard InChI is InChI=1S/C20H22N4O/c1-15-21-11-13-23(15)14-17-8-5-12-24(17)20(25)19-10-9-18(22-19)16-6-3-2-4-7-16/h2-4,6-7,9-11,13,17,22H,5,8,12,14H2,1H3. The van der Waals surface area contributed by atoms with E-state index in [0.717, 1.165) is 43.0 Å². The SMILES string of the molecule is Cc1nccn1CC1CCCN1C(=O)c1ccc(-c2ccccc2)[nH]1. The maximum Gasteiger partial charge on any atom is 0.270 e. The van der Waals surface area contributed by atoms with Crippen molar-refractivity contribution < 1.29 is 4.79 Å². The number of imidazole rings is 1. The maximum atomic E-state index is 13.0. The van der Waals surface area contributed by atoms with Crippen molar-refractivity contribution in [2.24, 2.45) is 0 Å². The molecule has 3 heterocycles. The number of carbonyl (C=O) groups excluding carboxylic acids is 1. The molecule has 5 heteroatoms. The van der Waals surface area contributed by atoms with E-state index in [1.54, 1.807) is 0 Å². The number of benzene rings is 1. The van der Waals surface area contributed by atoms with Crippen LogP contribution in [0.5, 0.6) is 0 Å². The number of amides is 1. The van der Waals surface area contributed by atoms with Crippen LogP contribution in [0.3, 0.4) is 0 Å². The van der Waals surface area contributed by atoms with Crippen LogP contribution in [-0.2, 0) is 6.54 Å². The Kier molecular flexibility index (Phi) is 4.14. The van der Waals surface area contributed by atoms with Gasteiger partial charge in [0, 0.05) is 31.2 Å². The van der Waals surface area contributed by atoms with Crippen LogP contribution in [-0.4, -0.2) is 37.9 Å². The molecule has 1 atom stereocenters. The van der Waals surface area contributed by atoms with Crippen LogP contribution >= 0.6 is 0 Å². The van der Waals surface area contributed by atoms with Crippen LogP contribution in [0, 0.1) is 6.92 Å². The lowest BCUT2D eigenvalue weighted by Gasteiger charge is -2.25. The molecule has 0 spiro atoms. The highest BCUT2D eigenvalue weighted by Crippen LogP contribution is 2.24. The normalized spacial score (nSPS) is 17.2. The molecule has 25 heavy (non-hydrogen) atoms. The summed E-state index contributed by atoms with van der Waals surface area (Å²) in [4.78, 5) is 22.5. The van der Waals surface area contributed by atoms with Gasteiger partial charge >= 0.3 is 0 Å². The van der Waals surface area contributed by atoms with Gasteiger partial charge in [-0.05, 0) is 37.5 Å². The van der Waals surface area contributed by atoms with Crippen molar-refractivity contribution in [3.63, 3.8) is 0 Å². The zero-order chi connectivity index (χ0) is 17.2. The molecule has 2 aromatic heterocycles. The fraction of sp³-hybridized carbons (Fsp3) is 0.300. The van der Waals surface area contributed by atoms with Crippen molar-refractivity contribution >= 4 is 5.91 Å². The summed E-state index contributed by atoms with van der Waals surface area (Å²) in [6, 6.07) is 14.2. The average Bonchev–Trinajstić information content (AvgIpc) is 3.37. The zero-order valence-corrected chi connectivity index (χ0v) is 14.4. The van der Waals surface area contributed by atoms with E-state index in [4.69, 9.17) is 0 Å². The van der Waals surface area contributed by atoms with Gasteiger partial charge in [0.2, 0.25) is 0 Å². The van der Waals surface area contributed by atoms with Gasteiger partial charge in [0.15, 0.2) is 0 Å². The second kappa shape index (κ2) is 6.59. The Morgan fingerprint density at radius 3 is 2.84 bits per heavy atom. The van der Waals surface area contributed by atoms with E-state index >= 15 is 0 Å². The van der Waals surface area contributed by atoms with E-state index in [-0.39, 0.29) is 11.9 Å². The first-order chi connectivity index (χ1) is 12.2. The lowest BCUT2D eigenvalue weighted by Crippen LogP contribution is -2.38. The molecule has 5 nitrogen and oxygen atoms in total. The van der Waals surface area contributed by atoms with Crippen molar-refractivity contribution in [1.29, 1.82) is 0 Å². The first kappa shape index (κ1) is 15.7. The number of rotatable bonds is 4. The van der Waals surface area contributed by atoms with Crippen LogP contribution in [0.2, 0.25) is 0 Å². The lowest BCUT2D eigenvalue weighted by atomic mass is 10.2. The number of hydrogen-bond acceptors (Lipinski definition) is 2. The number of nitrogens with zero attached hydrogens (tertiary/aromatic N) is 3. The van der Waals surface area contributed by atoms with Gasteiger partial charge in [0.1, 0.15) is 11.5 Å². The number of hydrogen-bond donors (Lipinski definition) is 1. The molecular formula is C20H22N4O. The minimum atomic E-state index is 0.0856. The third-order valence-electron chi connectivity index (χ3n) is 4.97. The molecule has 1 aliphatic heterocycles. The Labute approximate surface area is 147 Å². The molecule has 0 radical (unpaired) electrons. The van der Waals surface area contributed by atoms with Crippen LogP contribution in [0.4, 0.5) is 0 Å². The largest absolute Gasteiger partial charge is 0.351 e. The monoisotopic (exact) mass is 334 g/mol. The van der Waals surface area contributed by atoms with Gasteiger partial charge in [-0.25, -0.2) is 4.98 Å². The number of H-pyrrole nitrogens is 1. The quantitative estimate of drug-likeness (QED) is 0.794. The van der Waals surface area contributed by atoms with Gasteiger partial charge in [-0.15, -0.1) is 0 Å². The molecule has 1 saturated heterocycles. The molecule has 4 rings (SSSR count). The fourth-order valence-electron chi connectivity index (χ4n) is 3.58. The number of likely N-dealkylation sites (tertiary alicyclic amines) is 1. The molecule has 1 aliphatic rings. The maximum absolute atomic E-state index is 13.0. The molecule has 128 valence electrons. The van der Waals surface area contributed by atoms with Gasteiger partial charge < -0.3 is 14.5 Å². The number of aromatic amines is 1. The van der Waals surface area contributed by atoms with Gasteiger partial charge in [-0.2, -0.15) is 0 Å². The molecule has 3 aromatic rings. The molecule has 1 amide bonds. The van der Waals surface area contributed by atoms with Crippen molar-refractivity contribution in [1.82, 2.24) is 19.4 Å². The van der Waals surface area contributed by atoms with Crippen molar-refractivity contribution in [3.05, 3.63) is 66.4 Å². The topological polar surface area (TPSA) is 53.9 Å². The third kappa shape index (κ3) is 3.09. The molecule has 1 unspecified atom stereocenters. The molecule has 1 fully saturated rings. The smallest absolute Gasteiger partial charge is 0.270 e. The van der Waals surface area contributed by atoms with Gasteiger partial charge in [0.05, 0.1) is 6.04 Å². The number of carbonyl (C=O) groups is 1. The van der Waals surface area contributed by atoms with E-state index in [0.29, 0.717) is 5.69 Å². The summed E-state index contributed by atoms with van der Waals surface area (Å²) in [6.07, 6.45) is 5.89. The summed E-state index contributed by atoms with van der Waals surface area (Å²) in [5, 5.41) is 0. The predicted octanol–water partition coefficient (Wildman–Crippen LogP) is 3.49. The molecule has 0 bridgehead atoms. The third-order valence-corrected chi connectivity index (χ3v) is 4.97. The van der Waals surface area contributed by atoms with Crippen LogP contribution in [0.1, 0.15) is 29.2 Å². The van der Waals surface area contributed by atoms with E-state index in [2.05, 4.69) is 14.5 Å². The zero-order valence-electron chi connectivity index (χ0n) is 14.4. The average molecular weight is 334 g/mol. The summed E-state index contributed by atoms with van der Waals surface area (Å²) in [5.41, 5.74) is 2.73. The number of aryl methyl sites for hydroxylation is 1. The Morgan fingerprint density at radius 1 is 1.24 bits per heavy atom. The Hall–Kier alpha value is -2.82. The van der Waals surface area contributed by atoms with Gasteiger partial charge in [-0.3, -0.25) is 4.79 Å². The second-order valence-electron chi connectivity index (χ2n) is 6.57. The van der Waals surface area contributed by atoms with E-state index < -0.39 is 0 Å². The predicted molar refractivity (Wildman–Crippen MR) is 97.3 cm³/mol. The Morgan fingerprint density at radius 2 is 2.08 bits per heavy atom. The first-order valence-electron chi connectivity index (χ1n) is 8.75. The van der Waals surface area contributed by atoms with Gasteiger partial charge in [0.25, 0.3) is 5.91 Å². The summed E-state index contributed by atoms with van der Waals surface area (Å²) in [7, 11) is 0. The molecular weight excluding hydrogens is 312 g/mol. The Balaban J connectivity index is 1.52. The Bertz CT molecular complexity index is 865. The van der Waals surface area contributed by atoms with Gasteiger partial charge in [-0.1, -0.05) is 30.3 Å². The fourth-order valence-corrected chi connectivity index (χ4v) is 3.58. The van der Waals surface area contributed by atoms with Crippen molar-refractivity contribution in [2.45, 2.75) is 32.4 Å². The van der Waals surface area contributed by atoms with Crippen molar-refractivity contribution in [2.75, 3.05) is 6.54 Å². The summed E-state index contributed by atoms with van der Waals surface area (Å²) < 4.78 is 2.13. The number of aromatic nitrogens is 3. The number of nitrogens with one attached hydrogen (secondary N) is 1. The highest BCUT2D eigenvalue weighted by Gasteiger charge is 2.30. The van der Waals surface area contributed by atoms with Crippen LogP contribution in [0.15, 0.2) is 54.9 Å². The van der Waals surface area contributed by atoms with Crippen LogP contribution < -0.4 is 0 Å². The lowest BCUT2D eigenvalue weighted by molar-refractivity contribution is 0.0718. The summed E-state index contributed by atoms with van der Waals surface area (Å²) in [6.45, 7) is 3.62. The van der Waals surface area contributed by atoms with E-state index in [9.17, 15) is 4.79 Å². The second-order valence-corrected chi connectivity index (χ2v) is 6.57. The first-order valence-corrected chi connectivity index (χ1v) is 8.75. The minimum absolute atomic E-state index is 0.0856. The molecule has 1 aromatic carbocycles. The van der Waals surface area contributed by atoms with E-state index in [1.165, 1.54) is 0 Å². The summed E-state index contributed by atoms with van der Waals surface area (Å²) in [5.74, 6) is 1.08. The highest BCUT2D eigenvalue weighted by molar-refractivity contribution is 5.93. The van der Waals surface area contributed by atoms with Crippen LogP contribution in [0.25, 0.3) is 11.3 Å². The minimum Gasteiger partial charge on any atom is -0.351 e. The molecule has 0 saturated carbocycles.